The van der Waals surface area contributed by atoms with Gasteiger partial charge in [-0.15, -0.1) is 11.8 Å². The number of ether oxygens (including phenoxy) is 3. The number of benzene rings is 1. The van der Waals surface area contributed by atoms with Gasteiger partial charge in [-0.25, -0.2) is 0 Å². The molecule has 188 valence electrons. The molecule has 0 spiro atoms. The molecule has 0 fully saturated rings. The van der Waals surface area contributed by atoms with E-state index in [9.17, 15) is 14.7 Å². The van der Waals surface area contributed by atoms with E-state index < -0.39 is 18.1 Å². The number of hydrogen-bond donors (Lipinski definition) is 2. The topological polar surface area (TPSA) is 108 Å². The van der Waals surface area contributed by atoms with E-state index >= 15 is 0 Å². The van der Waals surface area contributed by atoms with E-state index in [1.54, 1.807) is 0 Å². The van der Waals surface area contributed by atoms with Crippen LogP contribution in [0.1, 0.15) is 75.5 Å². The number of esters is 2. The van der Waals surface area contributed by atoms with Crippen molar-refractivity contribution in [2.45, 2.75) is 82.1 Å². The molecule has 0 aliphatic rings. The minimum Gasteiger partial charge on any atom is -0.494 e. The summed E-state index contributed by atoms with van der Waals surface area (Å²) in [6.45, 7) is 2.90. The number of aliphatic hydroxyl groups excluding tert-OH is 1. The molecular weight excluding hydrogens is 442 g/mol. The van der Waals surface area contributed by atoms with Crippen molar-refractivity contribution in [2.24, 2.45) is 5.73 Å². The van der Waals surface area contributed by atoms with Gasteiger partial charge in [-0.3, -0.25) is 9.59 Å². The number of unbranched alkanes of at least 4 members (excludes halogenated alkanes) is 5. The lowest BCUT2D eigenvalue weighted by atomic mass is 10.0. The molecule has 0 bridgehead atoms. The van der Waals surface area contributed by atoms with Gasteiger partial charge in [-0.1, -0.05) is 51.2 Å². The van der Waals surface area contributed by atoms with Crippen molar-refractivity contribution in [2.75, 3.05) is 26.6 Å². The molecule has 0 aromatic heterocycles. The molecule has 7 nitrogen and oxygen atoms in total. The van der Waals surface area contributed by atoms with Crippen molar-refractivity contribution in [1.82, 2.24) is 0 Å². The van der Waals surface area contributed by atoms with E-state index in [4.69, 9.17) is 15.2 Å². The first kappa shape index (κ1) is 29.3. The van der Waals surface area contributed by atoms with Crippen LogP contribution in [0.3, 0.4) is 0 Å². The van der Waals surface area contributed by atoms with E-state index in [0.717, 1.165) is 17.7 Å². The highest BCUT2D eigenvalue weighted by Crippen LogP contribution is 2.35. The number of nitrogens with two attached hydrogens (primary N) is 1. The standard InChI is InChI=1S/C25H41NO6S/c1-4-5-6-7-8-9-17-32-20-15-13-19(14-16-20)24(33-18-21(26)25(29)31-3)22(27)11-10-12-23(28)30-2/h13-16,21-22,24,27H,4-12,17-18,26H2,1-3H3/t21-,22+,24-/m0/s1. The summed E-state index contributed by atoms with van der Waals surface area (Å²) in [7, 11) is 2.65. The van der Waals surface area contributed by atoms with E-state index in [0.29, 0.717) is 25.2 Å². The van der Waals surface area contributed by atoms with Gasteiger partial charge in [-0.05, 0) is 37.0 Å². The Hall–Kier alpha value is -1.77. The number of thioether (sulfide) groups is 1. The van der Waals surface area contributed by atoms with E-state index in [1.807, 2.05) is 24.3 Å². The second-order valence-electron chi connectivity index (χ2n) is 8.10. The number of aliphatic hydroxyl groups is 1. The molecule has 8 heteroatoms. The van der Waals surface area contributed by atoms with Gasteiger partial charge in [0.05, 0.1) is 32.2 Å². The lowest BCUT2D eigenvalue weighted by Gasteiger charge is -2.24. The average molecular weight is 484 g/mol. The third-order valence-electron chi connectivity index (χ3n) is 5.39. The Labute approximate surface area is 202 Å². The largest absolute Gasteiger partial charge is 0.494 e. The zero-order valence-corrected chi connectivity index (χ0v) is 21.1. The first-order valence-corrected chi connectivity index (χ1v) is 12.9. The van der Waals surface area contributed by atoms with E-state index in [2.05, 4.69) is 11.7 Å². The summed E-state index contributed by atoms with van der Waals surface area (Å²) in [4.78, 5) is 23.0. The minimum absolute atomic E-state index is 0.248. The lowest BCUT2D eigenvalue weighted by molar-refractivity contribution is -0.142. The van der Waals surface area contributed by atoms with Crippen molar-refractivity contribution in [3.8, 4) is 5.75 Å². The zero-order valence-electron chi connectivity index (χ0n) is 20.3. The van der Waals surface area contributed by atoms with Crippen LogP contribution in [0.15, 0.2) is 24.3 Å². The summed E-state index contributed by atoms with van der Waals surface area (Å²) >= 11 is 1.40. The van der Waals surface area contributed by atoms with Gasteiger partial charge in [0.2, 0.25) is 0 Å². The molecule has 1 aromatic carbocycles. The maximum Gasteiger partial charge on any atom is 0.323 e. The molecule has 3 atom stereocenters. The van der Waals surface area contributed by atoms with Crippen LogP contribution in [-0.4, -0.2) is 55.8 Å². The van der Waals surface area contributed by atoms with Crippen LogP contribution in [0.5, 0.6) is 5.75 Å². The molecule has 0 aliphatic carbocycles. The highest BCUT2D eigenvalue weighted by Gasteiger charge is 2.25. The molecule has 3 N–H and O–H groups in total. The molecule has 0 heterocycles. The molecule has 0 amide bonds. The highest BCUT2D eigenvalue weighted by atomic mass is 32.2. The number of rotatable bonds is 18. The Morgan fingerprint density at radius 1 is 1.00 bits per heavy atom. The van der Waals surface area contributed by atoms with Crippen LogP contribution in [0.4, 0.5) is 0 Å². The maximum absolute atomic E-state index is 11.7. The molecule has 0 unspecified atom stereocenters. The molecule has 33 heavy (non-hydrogen) atoms. The molecule has 0 saturated heterocycles. The first-order valence-electron chi connectivity index (χ1n) is 11.9. The number of carbonyl (C=O) groups is 2. The summed E-state index contributed by atoms with van der Waals surface area (Å²) in [5, 5.41) is 10.5. The van der Waals surface area contributed by atoms with Crippen molar-refractivity contribution in [3.63, 3.8) is 0 Å². The fraction of sp³-hybridized carbons (Fsp3) is 0.680. The van der Waals surface area contributed by atoms with E-state index in [-0.39, 0.29) is 17.6 Å². The van der Waals surface area contributed by atoms with Gasteiger partial charge in [0.1, 0.15) is 11.8 Å². The lowest BCUT2D eigenvalue weighted by Crippen LogP contribution is -2.34. The van der Waals surface area contributed by atoms with Crippen molar-refractivity contribution < 1.29 is 28.9 Å². The Kier molecular flexibility index (Phi) is 15.7. The van der Waals surface area contributed by atoms with Gasteiger partial charge in [0.25, 0.3) is 0 Å². The Morgan fingerprint density at radius 3 is 2.30 bits per heavy atom. The summed E-state index contributed by atoms with van der Waals surface area (Å²) in [5.74, 6) is 0.315. The van der Waals surface area contributed by atoms with Crippen molar-refractivity contribution in [3.05, 3.63) is 29.8 Å². The number of carbonyl (C=O) groups excluding carboxylic acids is 2. The number of hydrogen-bond acceptors (Lipinski definition) is 8. The molecule has 0 aliphatic heterocycles. The fourth-order valence-corrected chi connectivity index (χ4v) is 4.65. The van der Waals surface area contributed by atoms with E-state index in [1.165, 1.54) is 58.1 Å². The highest BCUT2D eigenvalue weighted by molar-refractivity contribution is 7.99. The minimum atomic E-state index is -0.773. The van der Waals surface area contributed by atoms with Crippen LogP contribution in [0.25, 0.3) is 0 Å². The van der Waals surface area contributed by atoms with Crippen molar-refractivity contribution >= 4 is 23.7 Å². The number of methoxy groups -OCH3 is 2. The molecular formula is C25H41NO6S. The third-order valence-corrected chi connectivity index (χ3v) is 6.89. The SMILES string of the molecule is CCCCCCCCOc1ccc([C@H](SC[C@H](N)C(=O)OC)[C@H](O)CCCC(=O)OC)cc1. The summed E-state index contributed by atoms with van der Waals surface area (Å²) in [6.07, 6.45) is 7.75. The van der Waals surface area contributed by atoms with Gasteiger partial charge in [-0.2, -0.15) is 0 Å². The monoisotopic (exact) mass is 483 g/mol. The van der Waals surface area contributed by atoms with Gasteiger partial charge < -0.3 is 25.1 Å². The van der Waals surface area contributed by atoms with Crippen LogP contribution in [-0.2, 0) is 19.1 Å². The smallest absolute Gasteiger partial charge is 0.323 e. The maximum atomic E-state index is 11.7. The summed E-state index contributed by atoms with van der Waals surface area (Å²) < 4.78 is 15.2. The van der Waals surface area contributed by atoms with Crippen LogP contribution in [0, 0.1) is 0 Å². The van der Waals surface area contributed by atoms with Crippen LogP contribution >= 0.6 is 11.8 Å². The second kappa shape index (κ2) is 17.7. The van der Waals surface area contributed by atoms with Crippen molar-refractivity contribution in [1.29, 1.82) is 0 Å². The van der Waals surface area contributed by atoms with Gasteiger partial charge >= 0.3 is 11.9 Å². The average Bonchev–Trinajstić information content (AvgIpc) is 2.83. The molecule has 1 rings (SSSR count). The summed E-state index contributed by atoms with van der Waals surface area (Å²) in [5.41, 5.74) is 6.80. The fourth-order valence-electron chi connectivity index (χ4n) is 3.39. The predicted molar refractivity (Wildman–Crippen MR) is 132 cm³/mol. The van der Waals surface area contributed by atoms with Crippen LogP contribution in [0.2, 0.25) is 0 Å². The molecule has 0 saturated carbocycles. The van der Waals surface area contributed by atoms with Gasteiger partial charge in [0, 0.05) is 12.2 Å². The normalized spacial score (nSPS) is 13.7. The Bertz CT molecular complexity index is 669. The second-order valence-corrected chi connectivity index (χ2v) is 9.28. The first-order chi connectivity index (χ1) is 15.9. The molecule has 1 aromatic rings. The van der Waals surface area contributed by atoms with Gasteiger partial charge in [0.15, 0.2) is 0 Å². The third kappa shape index (κ3) is 12.3. The Morgan fingerprint density at radius 2 is 1.67 bits per heavy atom. The van der Waals surface area contributed by atoms with Crippen LogP contribution < -0.4 is 10.5 Å². The Balaban J connectivity index is 2.66. The zero-order chi connectivity index (χ0) is 24.5. The predicted octanol–water partition coefficient (Wildman–Crippen LogP) is 4.40. The summed E-state index contributed by atoms with van der Waals surface area (Å²) in [6, 6.07) is 6.90. The quantitative estimate of drug-likeness (QED) is 0.234. The molecule has 0 radical (unpaired) electrons.